The van der Waals surface area contributed by atoms with E-state index in [1.807, 2.05) is 37.3 Å². The number of hydroxylamine groups is 1. The van der Waals surface area contributed by atoms with E-state index in [0.717, 1.165) is 19.7 Å². The summed E-state index contributed by atoms with van der Waals surface area (Å²) in [6, 6.07) is 11.7. The van der Waals surface area contributed by atoms with Gasteiger partial charge in [-0.3, -0.25) is 14.4 Å². The van der Waals surface area contributed by atoms with Gasteiger partial charge >= 0.3 is 0 Å². The summed E-state index contributed by atoms with van der Waals surface area (Å²) < 4.78 is 25.8. The van der Waals surface area contributed by atoms with Gasteiger partial charge in [0.05, 0.1) is 23.9 Å². The minimum Gasteiger partial charge on any atom is -0.504 e. The Morgan fingerprint density at radius 2 is 1.72 bits per heavy atom. The maximum Gasteiger partial charge on any atom is 0.269 e. The molecular formula is C21H22ClN3O6S. The number of halogens is 1. The first kappa shape index (κ1) is 23.7. The minimum atomic E-state index is -4.29. The lowest BCUT2D eigenvalue weighted by molar-refractivity contribution is -0.0259. The van der Waals surface area contributed by atoms with Crippen LogP contribution in [0.25, 0.3) is 0 Å². The molecule has 3 aromatic rings. The zero-order chi connectivity index (χ0) is 23.6. The molecule has 0 bridgehead atoms. The minimum absolute atomic E-state index is 0.0541. The first-order valence-corrected chi connectivity index (χ1v) is 11.4. The average molecular weight is 480 g/mol. The number of rotatable bonds is 9. The van der Waals surface area contributed by atoms with E-state index in [1.165, 1.54) is 12.1 Å². The molecule has 0 aliphatic carbocycles. The van der Waals surface area contributed by atoms with E-state index in [4.69, 9.17) is 16.4 Å². The summed E-state index contributed by atoms with van der Waals surface area (Å²) in [7, 11) is -2.01. The van der Waals surface area contributed by atoms with E-state index in [-0.39, 0.29) is 28.1 Å². The van der Waals surface area contributed by atoms with Gasteiger partial charge in [-0.25, -0.2) is 8.42 Å². The molecule has 0 aliphatic rings. The maximum absolute atomic E-state index is 12.6. The van der Waals surface area contributed by atoms with Crippen molar-refractivity contribution in [3.05, 3.63) is 73.5 Å². The van der Waals surface area contributed by atoms with Gasteiger partial charge in [0.2, 0.25) is 0 Å². The zero-order valence-electron chi connectivity index (χ0n) is 17.5. The summed E-state index contributed by atoms with van der Waals surface area (Å²) >= 11 is 6.01. The molecule has 0 aliphatic heterocycles. The monoisotopic (exact) mass is 479 g/mol. The highest BCUT2D eigenvalue weighted by atomic mass is 35.5. The second kappa shape index (κ2) is 9.29. The standard InChI is InChI=1S/C21H22ClN3O6S/c1-4-14(12-8-6-5-7-9-12)23-16-17(20(28)19(16)27)24-15-11-10-13(22)21(18(15)26)32(29,30)25(2)31-3/h5-11,14,23-24,26H,4H2,1-3H3/t14-/m1/s1. The molecule has 32 heavy (non-hydrogen) atoms. The van der Waals surface area contributed by atoms with Gasteiger partial charge in [-0.05, 0) is 24.1 Å². The lowest BCUT2D eigenvalue weighted by atomic mass is 10.0. The van der Waals surface area contributed by atoms with Crippen LogP contribution >= 0.6 is 11.6 Å². The Hall–Kier alpha value is -2.92. The van der Waals surface area contributed by atoms with Crippen LogP contribution in [0.5, 0.6) is 5.75 Å². The Morgan fingerprint density at radius 3 is 2.31 bits per heavy atom. The van der Waals surface area contributed by atoms with Crippen LogP contribution in [0.2, 0.25) is 5.02 Å². The van der Waals surface area contributed by atoms with Crippen molar-refractivity contribution in [1.29, 1.82) is 0 Å². The third-order valence-electron chi connectivity index (χ3n) is 5.04. The Bertz CT molecular complexity index is 1300. The van der Waals surface area contributed by atoms with Crippen LogP contribution in [0.15, 0.2) is 56.9 Å². The number of benzene rings is 2. The number of nitrogens with one attached hydrogen (secondary N) is 2. The van der Waals surface area contributed by atoms with Crippen molar-refractivity contribution in [1.82, 2.24) is 4.47 Å². The maximum atomic E-state index is 12.6. The summed E-state index contributed by atoms with van der Waals surface area (Å²) in [4.78, 5) is 28.6. The molecule has 0 spiro atoms. The first-order chi connectivity index (χ1) is 15.1. The fourth-order valence-electron chi connectivity index (χ4n) is 3.18. The van der Waals surface area contributed by atoms with Crippen LogP contribution in [0.4, 0.5) is 17.1 Å². The predicted octanol–water partition coefficient (Wildman–Crippen LogP) is 3.13. The first-order valence-electron chi connectivity index (χ1n) is 9.59. The van der Waals surface area contributed by atoms with Crippen molar-refractivity contribution in [2.75, 3.05) is 24.8 Å². The van der Waals surface area contributed by atoms with Crippen molar-refractivity contribution in [2.45, 2.75) is 24.3 Å². The predicted molar refractivity (Wildman–Crippen MR) is 123 cm³/mol. The van der Waals surface area contributed by atoms with E-state index < -0.39 is 31.5 Å². The Morgan fingerprint density at radius 1 is 1.09 bits per heavy atom. The molecule has 0 aromatic heterocycles. The second-order valence-corrected chi connectivity index (χ2v) is 9.20. The molecule has 0 saturated heterocycles. The number of hydrogen-bond donors (Lipinski definition) is 3. The third kappa shape index (κ3) is 4.22. The van der Waals surface area contributed by atoms with Gasteiger partial charge in [0.15, 0.2) is 5.75 Å². The second-order valence-electron chi connectivity index (χ2n) is 6.92. The number of hydrogen-bond acceptors (Lipinski definition) is 8. The lowest BCUT2D eigenvalue weighted by Gasteiger charge is -2.23. The van der Waals surface area contributed by atoms with Gasteiger partial charge in [-0.2, -0.15) is 0 Å². The van der Waals surface area contributed by atoms with Gasteiger partial charge < -0.3 is 15.7 Å². The highest BCUT2D eigenvalue weighted by Crippen LogP contribution is 2.40. The molecule has 0 radical (unpaired) electrons. The third-order valence-corrected chi connectivity index (χ3v) is 7.22. The highest BCUT2D eigenvalue weighted by Gasteiger charge is 2.31. The molecule has 11 heteroatoms. The van der Waals surface area contributed by atoms with Crippen molar-refractivity contribution in [3.8, 4) is 5.75 Å². The van der Waals surface area contributed by atoms with E-state index >= 15 is 0 Å². The molecule has 3 aromatic carbocycles. The summed E-state index contributed by atoms with van der Waals surface area (Å²) in [5.41, 5.74) is -0.700. The van der Waals surface area contributed by atoms with Crippen molar-refractivity contribution in [3.63, 3.8) is 0 Å². The van der Waals surface area contributed by atoms with Crippen molar-refractivity contribution < 1.29 is 18.4 Å². The van der Waals surface area contributed by atoms with Crippen LogP contribution in [-0.4, -0.2) is 32.2 Å². The fourth-order valence-corrected chi connectivity index (χ4v) is 4.75. The van der Waals surface area contributed by atoms with Gasteiger partial charge in [0, 0.05) is 7.05 Å². The Kier molecular flexibility index (Phi) is 6.89. The fraction of sp³-hybridized carbons (Fsp3) is 0.238. The SMILES string of the molecule is CC[C@@H](Nc1c(Nc2ccc(Cl)c(S(=O)(=O)N(C)OC)c2O)c(=O)c1=O)c1ccccc1. The van der Waals surface area contributed by atoms with Gasteiger partial charge in [-0.15, -0.1) is 0 Å². The van der Waals surface area contributed by atoms with Gasteiger partial charge in [-0.1, -0.05) is 53.3 Å². The molecule has 170 valence electrons. The van der Waals surface area contributed by atoms with Crippen LogP contribution < -0.4 is 21.5 Å². The number of phenols is 1. The Balaban J connectivity index is 1.98. The summed E-state index contributed by atoms with van der Waals surface area (Å²) in [6.45, 7) is 1.93. The number of sulfonamides is 1. The molecule has 3 rings (SSSR count). The molecule has 0 unspecified atom stereocenters. The van der Waals surface area contributed by atoms with Crippen molar-refractivity contribution in [2.24, 2.45) is 0 Å². The van der Waals surface area contributed by atoms with Gasteiger partial charge in [0.1, 0.15) is 16.3 Å². The smallest absolute Gasteiger partial charge is 0.269 e. The zero-order valence-corrected chi connectivity index (χ0v) is 19.1. The lowest BCUT2D eigenvalue weighted by Crippen LogP contribution is -2.37. The van der Waals surface area contributed by atoms with E-state index in [1.54, 1.807) is 0 Å². The van der Waals surface area contributed by atoms with Crippen LogP contribution in [0.3, 0.4) is 0 Å². The van der Waals surface area contributed by atoms with E-state index in [9.17, 15) is 23.1 Å². The van der Waals surface area contributed by atoms with Crippen LogP contribution in [0, 0.1) is 0 Å². The molecule has 0 heterocycles. The largest absolute Gasteiger partial charge is 0.504 e. The van der Waals surface area contributed by atoms with Crippen molar-refractivity contribution >= 4 is 38.7 Å². The topological polar surface area (TPSA) is 125 Å². The molecule has 9 nitrogen and oxygen atoms in total. The van der Waals surface area contributed by atoms with E-state index in [0.29, 0.717) is 10.9 Å². The summed E-state index contributed by atoms with van der Waals surface area (Å²) in [5.74, 6) is -0.713. The highest BCUT2D eigenvalue weighted by molar-refractivity contribution is 7.89. The van der Waals surface area contributed by atoms with Crippen LogP contribution in [-0.2, 0) is 14.9 Å². The molecular weight excluding hydrogens is 458 g/mol. The number of nitrogens with zero attached hydrogens (tertiary/aromatic N) is 1. The Labute approximate surface area is 189 Å². The molecule has 0 amide bonds. The molecule has 3 N–H and O–H groups in total. The summed E-state index contributed by atoms with van der Waals surface area (Å²) in [5, 5.41) is 16.1. The van der Waals surface area contributed by atoms with E-state index in [2.05, 4.69) is 10.6 Å². The normalized spacial score (nSPS) is 12.8. The van der Waals surface area contributed by atoms with Gasteiger partial charge in [0.25, 0.3) is 20.9 Å². The molecule has 1 atom stereocenters. The molecule has 0 saturated carbocycles. The number of anilines is 3. The molecule has 0 fully saturated rings. The number of phenolic OH excluding ortho intramolecular Hbond substituents is 1. The average Bonchev–Trinajstić information content (AvgIpc) is 2.79. The van der Waals surface area contributed by atoms with Crippen LogP contribution in [0.1, 0.15) is 24.9 Å². The number of aromatic hydroxyl groups is 1. The summed E-state index contributed by atoms with van der Waals surface area (Å²) in [6.07, 6.45) is 0.639. The quantitative estimate of drug-likeness (QED) is 0.243.